The summed E-state index contributed by atoms with van der Waals surface area (Å²) < 4.78 is 11.9. The van der Waals surface area contributed by atoms with E-state index in [2.05, 4.69) is 44.1 Å². The van der Waals surface area contributed by atoms with Gasteiger partial charge in [0, 0.05) is 18.0 Å². The van der Waals surface area contributed by atoms with Gasteiger partial charge in [-0.15, -0.1) is 0 Å². The van der Waals surface area contributed by atoms with Gasteiger partial charge in [0.2, 0.25) is 0 Å². The fourth-order valence-electron chi connectivity index (χ4n) is 6.29. The monoisotopic (exact) mass is 594 g/mol. The first-order chi connectivity index (χ1) is 19.2. The minimum atomic E-state index is -1.39. The summed E-state index contributed by atoms with van der Waals surface area (Å²) in [7, 11) is -1.39. The van der Waals surface area contributed by atoms with E-state index in [0.29, 0.717) is 26.9 Å². The van der Waals surface area contributed by atoms with Gasteiger partial charge >= 0.3 is 0 Å². The van der Waals surface area contributed by atoms with Crippen LogP contribution in [0.4, 0.5) is 5.82 Å². The first kappa shape index (κ1) is 27.4. The maximum Gasteiger partial charge on any atom is 0.260 e. The molecule has 2 aromatic heterocycles. The molecule has 1 fully saturated rings. The summed E-state index contributed by atoms with van der Waals surface area (Å²) in [6, 6.07) is 12.3. The number of benzene rings is 2. The lowest BCUT2D eigenvalue weighted by Crippen LogP contribution is -2.45. The number of nitrogens with two attached hydrogens (primary N) is 1. The molecule has 0 radical (unpaired) electrons. The number of aromatic amines is 1. The van der Waals surface area contributed by atoms with Crippen molar-refractivity contribution in [1.82, 2.24) is 19.9 Å². The van der Waals surface area contributed by atoms with Crippen molar-refractivity contribution >= 4 is 51.1 Å². The lowest BCUT2D eigenvalue weighted by Gasteiger charge is -2.45. The molecule has 4 aromatic rings. The van der Waals surface area contributed by atoms with Crippen molar-refractivity contribution < 1.29 is 4.21 Å². The molecule has 2 atom stereocenters. The van der Waals surface area contributed by atoms with Gasteiger partial charge in [0.05, 0.1) is 50.4 Å². The number of piperidine rings is 1. The number of aromatic nitrogens is 4. The van der Waals surface area contributed by atoms with E-state index in [1.807, 2.05) is 26.1 Å². The van der Waals surface area contributed by atoms with Gasteiger partial charge in [-0.2, -0.15) is 0 Å². The van der Waals surface area contributed by atoms with E-state index in [9.17, 15) is 9.00 Å². The van der Waals surface area contributed by atoms with E-state index >= 15 is 0 Å². The molecule has 11 heteroatoms. The zero-order valence-electron chi connectivity index (χ0n) is 22.4. The topological polar surface area (TPSA) is 118 Å². The molecule has 3 N–H and O–H groups in total. The Morgan fingerprint density at radius 3 is 2.65 bits per heavy atom. The molecule has 40 heavy (non-hydrogen) atoms. The lowest BCUT2D eigenvalue weighted by atomic mass is 9.67. The molecule has 1 unspecified atom stereocenters. The van der Waals surface area contributed by atoms with Crippen LogP contribution in [0.25, 0.3) is 10.9 Å². The number of nitrogens with one attached hydrogen (secondary N) is 1. The maximum absolute atomic E-state index is 12.3. The van der Waals surface area contributed by atoms with E-state index < -0.39 is 15.7 Å². The molecule has 2 aromatic carbocycles. The lowest BCUT2D eigenvalue weighted by molar-refractivity contribution is 0.170. The van der Waals surface area contributed by atoms with Crippen LogP contribution in [0.3, 0.4) is 0 Å². The fraction of sp³-hybridized carbons (Fsp3) is 0.379. The van der Waals surface area contributed by atoms with Gasteiger partial charge in [-0.3, -0.25) is 9.93 Å². The number of hydrogen-bond acceptors (Lipinski definition) is 7. The van der Waals surface area contributed by atoms with Crippen LogP contribution in [0.1, 0.15) is 50.2 Å². The van der Waals surface area contributed by atoms with Crippen molar-refractivity contribution in [2.45, 2.75) is 60.1 Å². The van der Waals surface area contributed by atoms with Crippen molar-refractivity contribution in [3.8, 4) is 0 Å². The number of nitrogens with zero attached hydrogens (tertiary/aromatic N) is 4. The zero-order chi connectivity index (χ0) is 28.1. The maximum atomic E-state index is 12.3. The van der Waals surface area contributed by atoms with Crippen LogP contribution in [-0.4, -0.2) is 42.0 Å². The van der Waals surface area contributed by atoms with Crippen molar-refractivity contribution in [3.05, 3.63) is 81.6 Å². The Labute approximate surface area is 244 Å². The summed E-state index contributed by atoms with van der Waals surface area (Å²) in [5.41, 5.74) is 3.20. The van der Waals surface area contributed by atoms with Crippen LogP contribution >= 0.6 is 23.4 Å². The van der Waals surface area contributed by atoms with Crippen molar-refractivity contribution in [3.63, 3.8) is 0 Å². The van der Waals surface area contributed by atoms with E-state index in [-0.39, 0.29) is 11.0 Å². The van der Waals surface area contributed by atoms with Gasteiger partial charge in [-0.05, 0) is 74.1 Å². The number of hydrogen-bond donors (Lipinski definition) is 2. The Hall–Kier alpha value is -2.79. The third kappa shape index (κ3) is 4.95. The van der Waals surface area contributed by atoms with Crippen LogP contribution in [0.5, 0.6) is 0 Å². The van der Waals surface area contributed by atoms with Crippen molar-refractivity contribution in [2.75, 3.05) is 18.0 Å². The van der Waals surface area contributed by atoms with Crippen molar-refractivity contribution in [1.29, 1.82) is 0 Å². The summed E-state index contributed by atoms with van der Waals surface area (Å²) in [4.78, 5) is 31.4. The second-order valence-corrected chi connectivity index (χ2v) is 14.5. The first-order valence-corrected chi connectivity index (χ1v) is 15.7. The number of rotatable bonds is 6. The molecule has 2 aliphatic rings. The molecule has 1 saturated heterocycles. The van der Waals surface area contributed by atoms with Gasteiger partial charge in [0.25, 0.3) is 5.56 Å². The molecule has 0 saturated carbocycles. The largest absolute Gasteiger partial charge is 0.355 e. The summed E-state index contributed by atoms with van der Waals surface area (Å²) >= 11 is 7.92. The van der Waals surface area contributed by atoms with Crippen LogP contribution in [0, 0.1) is 5.41 Å². The minimum absolute atomic E-state index is 0.125. The predicted molar refractivity (Wildman–Crippen MR) is 161 cm³/mol. The molecule has 1 spiro atoms. The Balaban J connectivity index is 1.17. The molecule has 1 aliphatic carbocycles. The molecule has 6 rings (SSSR count). The van der Waals surface area contributed by atoms with Crippen LogP contribution in [0.15, 0.2) is 69.8 Å². The minimum Gasteiger partial charge on any atom is -0.355 e. The highest BCUT2D eigenvalue weighted by atomic mass is 35.5. The third-order valence-electron chi connectivity index (χ3n) is 8.58. The predicted octanol–water partition coefficient (Wildman–Crippen LogP) is 5.24. The van der Waals surface area contributed by atoms with E-state index in [4.69, 9.17) is 21.7 Å². The van der Waals surface area contributed by atoms with Crippen LogP contribution < -0.4 is 15.6 Å². The third-order valence-corrected chi connectivity index (χ3v) is 11.3. The van der Waals surface area contributed by atoms with Gasteiger partial charge in [0.1, 0.15) is 10.8 Å². The Bertz CT molecular complexity index is 1650. The number of halogens is 1. The number of H-pyrrole nitrogens is 1. The van der Waals surface area contributed by atoms with Crippen LogP contribution in [-0.2, 0) is 17.4 Å². The van der Waals surface area contributed by atoms with Crippen molar-refractivity contribution in [2.24, 2.45) is 10.6 Å². The summed E-state index contributed by atoms with van der Waals surface area (Å²) in [6.07, 6.45) is 8.82. The quantitative estimate of drug-likeness (QED) is 0.313. The second kappa shape index (κ2) is 10.6. The number of anilines is 1. The first-order valence-electron chi connectivity index (χ1n) is 13.3. The standard InChI is InChI=1S/C29H31ClN6O2S2/c1-28(2,40(31)38)14-20-19-6-4-3-5-18(19)13-29(20)9-11-36(12-10-29)23-15-33-24(16-32-23)39-22-8-7-21-25(26(22)30)27(37)35-17-34-21/h3-8,15-17,20H,9-14,31H2,1-2H3,(H,34,35,37)/t20-,40?/m1/s1. The summed E-state index contributed by atoms with van der Waals surface area (Å²) in [5, 5.41) is 7.33. The molecule has 1 aliphatic heterocycles. The second-order valence-electron chi connectivity index (χ2n) is 11.4. The van der Waals surface area contributed by atoms with Crippen LogP contribution in [0.2, 0.25) is 5.02 Å². The van der Waals surface area contributed by atoms with E-state index in [0.717, 1.165) is 49.5 Å². The molecule has 3 heterocycles. The Morgan fingerprint density at radius 2 is 1.93 bits per heavy atom. The molecular weight excluding hydrogens is 564 g/mol. The highest BCUT2D eigenvalue weighted by Crippen LogP contribution is 2.56. The number of fused-ring (bicyclic) bond motifs is 2. The highest BCUT2D eigenvalue weighted by molar-refractivity contribution is 7.99. The molecule has 0 bridgehead atoms. The molecule has 8 nitrogen and oxygen atoms in total. The summed E-state index contributed by atoms with van der Waals surface area (Å²) in [6.45, 7) is 5.79. The van der Waals surface area contributed by atoms with E-state index in [1.165, 1.54) is 29.2 Å². The van der Waals surface area contributed by atoms with Gasteiger partial charge < -0.3 is 9.88 Å². The SMILES string of the molecule is CC(C)(C[C@@H]1c2ccccc2CC12CCN(c1cnc(Sc3ccc4nc[nH]c(=O)c4c3Cl)cn1)CC2)S(N)=O. The fourth-order valence-corrected chi connectivity index (χ4v) is 7.75. The Kier molecular flexibility index (Phi) is 7.23. The highest BCUT2D eigenvalue weighted by Gasteiger charge is 2.49. The molecule has 208 valence electrons. The average molecular weight is 595 g/mol. The normalized spacial score (nSPS) is 19.2. The zero-order valence-corrected chi connectivity index (χ0v) is 24.8. The van der Waals surface area contributed by atoms with Gasteiger partial charge in [-0.25, -0.2) is 19.2 Å². The Morgan fingerprint density at radius 1 is 1.15 bits per heavy atom. The van der Waals surface area contributed by atoms with Gasteiger partial charge in [-0.1, -0.05) is 47.6 Å². The van der Waals surface area contributed by atoms with E-state index in [1.54, 1.807) is 12.3 Å². The average Bonchev–Trinajstić information content (AvgIpc) is 3.23. The smallest absolute Gasteiger partial charge is 0.260 e. The summed E-state index contributed by atoms with van der Waals surface area (Å²) in [5.74, 6) is 1.17. The molecular formula is C29H31ClN6O2S2. The van der Waals surface area contributed by atoms with Gasteiger partial charge in [0.15, 0.2) is 0 Å². The molecule has 0 amide bonds.